The second-order valence-electron chi connectivity index (χ2n) is 11.1. The first-order valence-corrected chi connectivity index (χ1v) is 14.5. The lowest BCUT2D eigenvalue weighted by molar-refractivity contribution is 1.43. The lowest BCUT2D eigenvalue weighted by Gasteiger charge is -2.13. The van der Waals surface area contributed by atoms with Crippen LogP contribution in [-0.4, -0.2) is 4.98 Å². The molecule has 0 bridgehead atoms. The lowest BCUT2D eigenvalue weighted by Crippen LogP contribution is -1.88. The van der Waals surface area contributed by atoms with Gasteiger partial charge in [-0.15, -0.1) is 0 Å². The summed E-state index contributed by atoms with van der Waals surface area (Å²) < 4.78 is 0. The van der Waals surface area contributed by atoms with E-state index in [0.29, 0.717) is 0 Å². The minimum Gasteiger partial charge on any atom is -0.256 e. The van der Waals surface area contributed by atoms with Crippen LogP contribution in [0.25, 0.3) is 87.0 Å². The molecule has 0 saturated carbocycles. The summed E-state index contributed by atoms with van der Waals surface area (Å²) in [5.41, 5.74) is 5.90. The summed E-state index contributed by atoms with van der Waals surface area (Å²) in [6, 6.07) is 53.1. The molecule has 0 aliphatic heterocycles. The number of rotatable bonds is 2. The van der Waals surface area contributed by atoms with Crippen LogP contribution in [0.3, 0.4) is 0 Å². The molecule has 1 aromatic heterocycles. The van der Waals surface area contributed by atoms with Crippen molar-refractivity contribution >= 4 is 64.8 Å². The van der Waals surface area contributed by atoms with Gasteiger partial charge in [0.1, 0.15) is 0 Å². The van der Waals surface area contributed by atoms with Crippen molar-refractivity contribution in [3.8, 4) is 22.3 Å². The predicted octanol–water partition coefficient (Wildman–Crippen LogP) is 11.3. The monoisotopic (exact) mass is 531 g/mol. The molecule has 0 aliphatic carbocycles. The summed E-state index contributed by atoms with van der Waals surface area (Å²) in [7, 11) is 0. The van der Waals surface area contributed by atoms with Gasteiger partial charge in [-0.25, -0.2) is 0 Å². The molecule has 0 aliphatic rings. The summed E-state index contributed by atoms with van der Waals surface area (Å²) in [5, 5.41) is 13.9. The first-order chi connectivity index (χ1) is 20.8. The molecule has 1 heteroatoms. The molecule has 0 fully saturated rings. The Bertz CT molecular complexity index is 2280. The Morgan fingerprint density at radius 2 is 0.667 bits per heavy atom. The van der Waals surface area contributed by atoms with Crippen molar-refractivity contribution in [3.63, 3.8) is 0 Å². The summed E-state index contributed by atoms with van der Waals surface area (Å²) in [5.74, 6) is 0. The molecule has 0 atom stereocenters. The molecule has 0 saturated heterocycles. The smallest absolute Gasteiger partial charge is 0.0786 e. The first kappa shape index (κ1) is 23.2. The molecular weight excluding hydrogens is 506 g/mol. The van der Waals surface area contributed by atoms with Crippen LogP contribution < -0.4 is 0 Å². The van der Waals surface area contributed by atoms with Gasteiger partial charge in [-0.2, -0.15) is 0 Å². The van der Waals surface area contributed by atoms with Crippen molar-refractivity contribution in [2.24, 2.45) is 0 Å². The van der Waals surface area contributed by atoms with E-state index in [4.69, 9.17) is 4.98 Å². The summed E-state index contributed by atoms with van der Waals surface area (Å²) in [4.78, 5) is 4.83. The average Bonchev–Trinajstić information content (AvgIpc) is 3.08. The highest BCUT2D eigenvalue weighted by Crippen LogP contribution is 2.39. The van der Waals surface area contributed by atoms with Gasteiger partial charge in [0.25, 0.3) is 0 Å². The third-order valence-corrected chi connectivity index (χ3v) is 8.86. The number of pyridine rings is 1. The fourth-order valence-corrected chi connectivity index (χ4v) is 6.91. The molecule has 1 heterocycles. The van der Waals surface area contributed by atoms with Crippen LogP contribution in [-0.2, 0) is 0 Å². The average molecular weight is 532 g/mol. The molecule has 8 aromatic carbocycles. The number of hydrogen-bond donors (Lipinski definition) is 0. The molecule has 9 rings (SSSR count). The zero-order valence-corrected chi connectivity index (χ0v) is 22.9. The molecule has 42 heavy (non-hydrogen) atoms. The van der Waals surface area contributed by atoms with Crippen LogP contribution in [0.15, 0.2) is 152 Å². The number of nitrogens with zero attached hydrogens (tertiary/aromatic N) is 1. The van der Waals surface area contributed by atoms with E-state index in [-0.39, 0.29) is 0 Å². The van der Waals surface area contributed by atoms with Crippen LogP contribution in [0.1, 0.15) is 0 Å². The molecule has 0 amide bonds. The SMILES string of the molecule is c1cc(-c2ccc3c4ccccc4c4ccccc4c3c2)cc(-c2ccc3c4ccccc4c4cccnc4c3c2)c1. The molecule has 0 unspecified atom stereocenters. The quantitative estimate of drug-likeness (QED) is 0.202. The molecular formula is C41H25N. The van der Waals surface area contributed by atoms with Gasteiger partial charge in [0.05, 0.1) is 5.52 Å². The predicted molar refractivity (Wildman–Crippen MR) is 180 cm³/mol. The highest BCUT2D eigenvalue weighted by atomic mass is 14.6. The Morgan fingerprint density at radius 1 is 0.262 bits per heavy atom. The van der Waals surface area contributed by atoms with E-state index in [2.05, 4.69) is 140 Å². The van der Waals surface area contributed by atoms with Crippen LogP contribution in [0.2, 0.25) is 0 Å². The summed E-state index contributed by atoms with van der Waals surface area (Å²) >= 11 is 0. The third-order valence-electron chi connectivity index (χ3n) is 8.86. The Balaban J connectivity index is 1.23. The topological polar surface area (TPSA) is 12.9 Å². The van der Waals surface area contributed by atoms with Crippen molar-refractivity contribution in [2.75, 3.05) is 0 Å². The molecule has 194 valence electrons. The van der Waals surface area contributed by atoms with Crippen molar-refractivity contribution in [1.82, 2.24) is 4.98 Å². The van der Waals surface area contributed by atoms with Gasteiger partial charge in [-0.1, -0.05) is 121 Å². The standard InChI is InChI=1S/C41H25N/c1-2-13-32-30(11-1)31-12-4-6-16-35(31)39-24-28(18-20-36(32)39)26-9-7-10-27(23-26)29-19-21-37-33-14-3-5-15-34(33)38-17-8-22-42-41(38)40(37)25-29/h1-25H. The molecule has 1 nitrogen and oxygen atoms in total. The highest BCUT2D eigenvalue weighted by Gasteiger charge is 2.12. The molecule has 0 N–H and O–H groups in total. The van der Waals surface area contributed by atoms with Crippen molar-refractivity contribution in [2.45, 2.75) is 0 Å². The molecule has 0 spiro atoms. The van der Waals surface area contributed by atoms with Gasteiger partial charge in [0.15, 0.2) is 0 Å². The number of hydrogen-bond acceptors (Lipinski definition) is 1. The van der Waals surface area contributed by atoms with Crippen molar-refractivity contribution < 1.29 is 0 Å². The van der Waals surface area contributed by atoms with Crippen molar-refractivity contribution in [1.29, 1.82) is 0 Å². The number of fused-ring (bicyclic) bond motifs is 12. The van der Waals surface area contributed by atoms with E-state index in [1.807, 2.05) is 12.3 Å². The highest BCUT2D eigenvalue weighted by molar-refractivity contribution is 6.26. The second-order valence-corrected chi connectivity index (χ2v) is 11.1. The maximum atomic E-state index is 4.83. The van der Waals surface area contributed by atoms with E-state index in [0.717, 1.165) is 5.52 Å². The zero-order chi connectivity index (χ0) is 27.6. The van der Waals surface area contributed by atoms with Crippen LogP contribution >= 0.6 is 0 Å². The second kappa shape index (κ2) is 8.99. The van der Waals surface area contributed by atoms with E-state index < -0.39 is 0 Å². The summed E-state index contributed by atoms with van der Waals surface area (Å²) in [6.45, 7) is 0. The third kappa shape index (κ3) is 3.41. The summed E-state index contributed by atoms with van der Waals surface area (Å²) in [6.07, 6.45) is 1.90. The maximum Gasteiger partial charge on any atom is 0.0786 e. The van der Waals surface area contributed by atoms with Crippen LogP contribution in [0.5, 0.6) is 0 Å². The lowest BCUT2D eigenvalue weighted by atomic mass is 9.91. The van der Waals surface area contributed by atoms with Gasteiger partial charge in [-0.3, -0.25) is 4.98 Å². The van der Waals surface area contributed by atoms with Crippen molar-refractivity contribution in [3.05, 3.63) is 152 Å². The van der Waals surface area contributed by atoms with Gasteiger partial charge in [-0.05, 0) is 95.0 Å². The normalized spacial score (nSPS) is 11.8. The van der Waals surface area contributed by atoms with E-state index >= 15 is 0 Å². The molecule has 0 radical (unpaired) electrons. The van der Waals surface area contributed by atoms with E-state index in [1.165, 1.54) is 81.5 Å². The van der Waals surface area contributed by atoms with Crippen LogP contribution in [0.4, 0.5) is 0 Å². The number of benzene rings is 8. The Labute approximate surface area is 243 Å². The van der Waals surface area contributed by atoms with Gasteiger partial charge in [0.2, 0.25) is 0 Å². The largest absolute Gasteiger partial charge is 0.256 e. The van der Waals surface area contributed by atoms with Gasteiger partial charge in [0, 0.05) is 17.0 Å². The first-order valence-electron chi connectivity index (χ1n) is 14.5. The van der Waals surface area contributed by atoms with E-state index in [1.54, 1.807) is 0 Å². The minimum absolute atomic E-state index is 1.05. The Hall–Kier alpha value is -5.53. The fraction of sp³-hybridized carbons (Fsp3) is 0. The van der Waals surface area contributed by atoms with Gasteiger partial charge < -0.3 is 0 Å². The van der Waals surface area contributed by atoms with Crippen LogP contribution in [0, 0.1) is 0 Å². The Morgan fingerprint density at radius 3 is 1.24 bits per heavy atom. The van der Waals surface area contributed by atoms with Gasteiger partial charge >= 0.3 is 0 Å². The minimum atomic E-state index is 1.05. The number of aromatic nitrogens is 1. The zero-order valence-electron chi connectivity index (χ0n) is 22.9. The Kier molecular flexibility index (Phi) is 4.97. The molecule has 9 aromatic rings. The van der Waals surface area contributed by atoms with E-state index in [9.17, 15) is 0 Å². The fourth-order valence-electron chi connectivity index (χ4n) is 6.91. The maximum absolute atomic E-state index is 4.83.